The fraction of sp³-hybridized carbons (Fsp3) is 0. The Labute approximate surface area is 147 Å². The van der Waals surface area contributed by atoms with Crippen LogP contribution < -0.4 is 0 Å². The molecule has 0 radical (unpaired) electrons. The van der Waals surface area contributed by atoms with Crippen molar-refractivity contribution in [2.24, 2.45) is 0 Å². The van der Waals surface area contributed by atoms with Crippen LogP contribution in [0.2, 0.25) is 0 Å². The van der Waals surface area contributed by atoms with Crippen molar-refractivity contribution in [1.82, 2.24) is 0 Å². The molecule has 0 spiro atoms. The van der Waals surface area contributed by atoms with Gasteiger partial charge < -0.3 is 20.4 Å². The Morgan fingerprint density at radius 1 is 0.385 bits per heavy atom. The number of rotatable bonds is 0. The Balaban J connectivity index is 2.05. The number of phenols is 4. The third-order valence-corrected chi connectivity index (χ3v) is 5.08. The highest BCUT2D eigenvalue weighted by atomic mass is 16.3. The van der Waals surface area contributed by atoms with Gasteiger partial charge in [-0.3, -0.25) is 0 Å². The van der Waals surface area contributed by atoms with E-state index in [0.717, 1.165) is 32.3 Å². The van der Waals surface area contributed by atoms with Crippen molar-refractivity contribution in [2.75, 3.05) is 0 Å². The van der Waals surface area contributed by atoms with E-state index in [4.69, 9.17) is 0 Å². The third kappa shape index (κ3) is 1.78. The lowest BCUT2D eigenvalue weighted by molar-refractivity contribution is 0.408. The standard InChI is InChI=1S/C22H14O4/c23-18-9-7-13-12-3-1-11-2-4-17-15(8-10-19(24)22(17)26)20(11)14(12)5-6-16(13)21(18)25/h1-10,23-26H. The van der Waals surface area contributed by atoms with Crippen molar-refractivity contribution >= 4 is 43.1 Å². The molecule has 5 rings (SSSR count). The van der Waals surface area contributed by atoms with Crippen molar-refractivity contribution in [3.8, 4) is 23.0 Å². The first-order valence-electron chi connectivity index (χ1n) is 8.20. The summed E-state index contributed by atoms with van der Waals surface area (Å²) in [5.41, 5.74) is 0. The average molecular weight is 342 g/mol. The number of phenolic OH excluding ortho intramolecular Hbond substituents is 4. The molecule has 26 heavy (non-hydrogen) atoms. The molecule has 126 valence electrons. The molecule has 0 aliphatic rings. The molecule has 0 amide bonds. The molecule has 0 aromatic heterocycles. The van der Waals surface area contributed by atoms with Crippen LogP contribution in [0.4, 0.5) is 0 Å². The van der Waals surface area contributed by atoms with Gasteiger partial charge in [-0.25, -0.2) is 0 Å². The molecule has 5 aromatic carbocycles. The zero-order chi connectivity index (χ0) is 18.0. The SMILES string of the molecule is Oc1ccc2c(ccc3c2ccc2ccc4c(O)c(O)ccc4c23)c1O. The first-order chi connectivity index (χ1) is 12.6. The summed E-state index contributed by atoms with van der Waals surface area (Å²) in [6, 6.07) is 17.9. The molecule has 0 aliphatic carbocycles. The molecular formula is C22H14O4. The summed E-state index contributed by atoms with van der Waals surface area (Å²) in [5, 5.41) is 46.6. The van der Waals surface area contributed by atoms with E-state index in [1.807, 2.05) is 24.3 Å². The monoisotopic (exact) mass is 342 g/mol. The number of aromatic hydroxyl groups is 4. The topological polar surface area (TPSA) is 80.9 Å². The smallest absolute Gasteiger partial charge is 0.165 e. The Morgan fingerprint density at radius 2 is 0.769 bits per heavy atom. The molecule has 5 aromatic rings. The minimum atomic E-state index is -0.150. The zero-order valence-corrected chi connectivity index (χ0v) is 13.6. The van der Waals surface area contributed by atoms with Crippen LogP contribution in [0.1, 0.15) is 0 Å². The molecule has 0 heterocycles. The Kier molecular flexibility index (Phi) is 2.78. The van der Waals surface area contributed by atoms with Crippen LogP contribution in [0.3, 0.4) is 0 Å². The highest BCUT2D eigenvalue weighted by Crippen LogP contribution is 2.42. The van der Waals surface area contributed by atoms with Gasteiger partial charge in [-0.15, -0.1) is 0 Å². The summed E-state index contributed by atoms with van der Waals surface area (Å²) in [7, 11) is 0. The summed E-state index contributed by atoms with van der Waals surface area (Å²) >= 11 is 0. The van der Waals surface area contributed by atoms with Gasteiger partial charge in [0.2, 0.25) is 0 Å². The van der Waals surface area contributed by atoms with E-state index in [2.05, 4.69) is 0 Å². The highest BCUT2D eigenvalue weighted by Gasteiger charge is 2.13. The molecule has 4 nitrogen and oxygen atoms in total. The summed E-state index contributed by atoms with van der Waals surface area (Å²) in [6.07, 6.45) is 0. The molecule has 4 heteroatoms. The fourth-order valence-electron chi connectivity index (χ4n) is 3.81. The number of fused-ring (bicyclic) bond motifs is 7. The second-order valence-electron chi connectivity index (χ2n) is 6.45. The van der Waals surface area contributed by atoms with Crippen molar-refractivity contribution in [3.63, 3.8) is 0 Å². The predicted molar refractivity (Wildman–Crippen MR) is 103 cm³/mol. The van der Waals surface area contributed by atoms with Gasteiger partial charge in [0.25, 0.3) is 0 Å². The zero-order valence-electron chi connectivity index (χ0n) is 13.6. The van der Waals surface area contributed by atoms with Crippen molar-refractivity contribution in [1.29, 1.82) is 0 Å². The van der Waals surface area contributed by atoms with Gasteiger partial charge in [0, 0.05) is 10.8 Å². The van der Waals surface area contributed by atoms with E-state index in [0.29, 0.717) is 10.8 Å². The fourth-order valence-corrected chi connectivity index (χ4v) is 3.81. The average Bonchev–Trinajstić information content (AvgIpc) is 2.66. The number of hydrogen-bond acceptors (Lipinski definition) is 4. The second-order valence-corrected chi connectivity index (χ2v) is 6.45. The van der Waals surface area contributed by atoms with Crippen LogP contribution in [0.25, 0.3) is 43.1 Å². The lowest BCUT2D eigenvalue weighted by atomic mass is 9.93. The third-order valence-electron chi connectivity index (χ3n) is 5.08. The summed E-state index contributed by atoms with van der Waals surface area (Å²) < 4.78 is 0. The van der Waals surface area contributed by atoms with Gasteiger partial charge >= 0.3 is 0 Å². The molecule has 0 saturated carbocycles. The van der Waals surface area contributed by atoms with Gasteiger partial charge in [-0.2, -0.15) is 0 Å². The molecule has 0 bridgehead atoms. The number of benzene rings is 5. The summed E-state index contributed by atoms with van der Waals surface area (Å²) in [6.45, 7) is 0. The lowest BCUT2D eigenvalue weighted by Crippen LogP contribution is -1.84. The van der Waals surface area contributed by atoms with Gasteiger partial charge in [0.15, 0.2) is 23.0 Å². The van der Waals surface area contributed by atoms with Crippen molar-refractivity contribution < 1.29 is 20.4 Å². The molecule has 0 saturated heterocycles. The number of hydrogen-bond donors (Lipinski definition) is 4. The van der Waals surface area contributed by atoms with E-state index >= 15 is 0 Å². The summed E-state index contributed by atoms with van der Waals surface area (Å²) in [5.74, 6) is -0.568. The molecule has 0 aliphatic heterocycles. The van der Waals surface area contributed by atoms with Crippen molar-refractivity contribution in [2.45, 2.75) is 0 Å². The predicted octanol–water partition coefficient (Wildman–Crippen LogP) is 5.12. The minimum absolute atomic E-state index is 0.134. The van der Waals surface area contributed by atoms with E-state index in [1.165, 1.54) is 12.1 Å². The Hall–Kier alpha value is -3.66. The Bertz CT molecular complexity index is 1370. The maximum atomic E-state index is 10.2. The van der Waals surface area contributed by atoms with Crippen LogP contribution in [-0.4, -0.2) is 20.4 Å². The van der Waals surface area contributed by atoms with E-state index in [1.54, 1.807) is 24.3 Å². The molecule has 4 N–H and O–H groups in total. The molecule has 0 unspecified atom stereocenters. The molecule has 0 fully saturated rings. The Morgan fingerprint density at radius 3 is 1.46 bits per heavy atom. The van der Waals surface area contributed by atoms with Crippen molar-refractivity contribution in [3.05, 3.63) is 60.7 Å². The maximum Gasteiger partial charge on any atom is 0.165 e. The highest BCUT2D eigenvalue weighted by molar-refractivity contribution is 6.25. The van der Waals surface area contributed by atoms with Gasteiger partial charge in [-0.05, 0) is 68.7 Å². The van der Waals surface area contributed by atoms with Crippen LogP contribution in [-0.2, 0) is 0 Å². The van der Waals surface area contributed by atoms with Gasteiger partial charge in [0.1, 0.15) is 0 Å². The minimum Gasteiger partial charge on any atom is -0.504 e. The van der Waals surface area contributed by atoms with Crippen LogP contribution in [0, 0.1) is 0 Å². The normalized spacial score (nSPS) is 11.7. The quantitative estimate of drug-likeness (QED) is 0.232. The van der Waals surface area contributed by atoms with E-state index < -0.39 is 0 Å². The maximum absolute atomic E-state index is 10.2. The van der Waals surface area contributed by atoms with Gasteiger partial charge in [0.05, 0.1) is 0 Å². The molecular weight excluding hydrogens is 328 g/mol. The van der Waals surface area contributed by atoms with Crippen LogP contribution >= 0.6 is 0 Å². The lowest BCUT2D eigenvalue weighted by Gasteiger charge is -2.12. The first kappa shape index (κ1) is 14.7. The van der Waals surface area contributed by atoms with E-state index in [9.17, 15) is 20.4 Å². The summed E-state index contributed by atoms with van der Waals surface area (Å²) in [4.78, 5) is 0. The second kappa shape index (κ2) is 4.92. The van der Waals surface area contributed by atoms with E-state index in [-0.39, 0.29) is 23.0 Å². The van der Waals surface area contributed by atoms with Gasteiger partial charge in [-0.1, -0.05) is 24.3 Å². The molecule has 0 atom stereocenters. The first-order valence-corrected chi connectivity index (χ1v) is 8.20. The largest absolute Gasteiger partial charge is 0.504 e. The van der Waals surface area contributed by atoms with Crippen LogP contribution in [0.5, 0.6) is 23.0 Å². The van der Waals surface area contributed by atoms with Crippen LogP contribution in [0.15, 0.2) is 60.7 Å².